The van der Waals surface area contributed by atoms with E-state index in [-0.39, 0.29) is 17.7 Å². The molecule has 3 heteroatoms. The quantitative estimate of drug-likeness (QED) is 0.821. The van der Waals surface area contributed by atoms with Gasteiger partial charge in [-0.2, -0.15) is 0 Å². The minimum absolute atomic E-state index is 0.00818. The normalized spacial score (nSPS) is 23.4. The molecule has 0 aliphatic heterocycles. The van der Waals surface area contributed by atoms with E-state index in [2.05, 4.69) is 4.98 Å². The van der Waals surface area contributed by atoms with Crippen LogP contribution in [-0.4, -0.2) is 16.8 Å². The Bertz CT molecular complexity index is 594. The molecule has 3 nitrogen and oxygen atoms in total. The topological polar surface area (TPSA) is 56.0 Å². The lowest BCUT2D eigenvalue weighted by Gasteiger charge is -2.14. The summed E-state index contributed by atoms with van der Waals surface area (Å²) in [5.74, 6) is 0.165. The Morgan fingerprint density at radius 1 is 1.28 bits per heavy atom. The Labute approximate surface area is 106 Å². The number of fused-ring (bicyclic) bond motifs is 1. The molecule has 0 spiro atoms. The van der Waals surface area contributed by atoms with Crippen LogP contribution in [0.25, 0.3) is 10.9 Å². The van der Waals surface area contributed by atoms with Crippen molar-refractivity contribution in [3.63, 3.8) is 0 Å². The molecule has 1 saturated carbocycles. The third-order valence-corrected chi connectivity index (χ3v) is 3.80. The van der Waals surface area contributed by atoms with Crippen LogP contribution in [0.15, 0.2) is 36.5 Å². The molecule has 1 aliphatic carbocycles. The average molecular weight is 240 g/mol. The lowest BCUT2D eigenvalue weighted by atomic mass is 9.93. The largest absolute Gasteiger partial charge is 0.327 e. The van der Waals surface area contributed by atoms with Gasteiger partial charge in [-0.15, -0.1) is 0 Å². The Morgan fingerprint density at radius 2 is 2.17 bits per heavy atom. The highest BCUT2D eigenvalue weighted by Crippen LogP contribution is 2.28. The standard InChI is InChI=1S/C15H16N2O/c16-13-5-1-4-12(13)15(18)11-7-6-10-3-2-8-17-14(10)9-11/h2-3,6-9,12-13H,1,4-5,16H2. The molecule has 18 heavy (non-hydrogen) atoms. The summed E-state index contributed by atoms with van der Waals surface area (Å²) >= 11 is 0. The lowest BCUT2D eigenvalue weighted by Crippen LogP contribution is -2.30. The van der Waals surface area contributed by atoms with E-state index in [0.29, 0.717) is 0 Å². The minimum atomic E-state index is -0.00818. The number of carbonyl (C=O) groups is 1. The van der Waals surface area contributed by atoms with E-state index in [0.717, 1.165) is 35.7 Å². The Morgan fingerprint density at radius 3 is 2.94 bits per heavy atom. The van der Waals surface area contributed by atoms with Crippen molar-refractivity contribution in [3.8, 4) is 0 Å². The first-order valence-electron chi connectivity index (χ1n) is 6.40. The number of nitrogens with zero attached hydrogens (tertiary/aromatic N) is 1. The average Bonchev–Trinajstić information content (AvgIpc) is 2.83. The number of aromatic nitrogens is 1. The number of Topliss-reactive ketones (excluding diaryl/α,β-unsaturated/α-hetero) is 1. The summed E-state index contributed by atoms with van der Waals surface area (Å²) in [5.41, 5.74) is 7.60. The summed E-state index contributed by atoms with van der Waals surface area (Å²) in [7, 11) is 0. The second-order valence-corrected chi connectivity index (χ2v) is 4.98. The Hall–Kier alpha value is -1.74. The second kappa shape index (κ2) is 4.50. The van der Waals surface area contributed by atoms with Gasteiger partial charge < -0.3 is 5.73 Å². The molecule has 1 heterocycles. The first-order valence-corrected chi connectivity index (χ1v) is 6.40. The van der Waals surface area contributed by atoms with Crippen LogP contribution in [0.4, 0.5) is 0 Å². The van der Waals surface area contributed by atoms with Crippen molar-refractivity contribution in [1.82, 2.24) is 4.98 Å². The maximum absolute atomic E-state index is 12.4. The van der Waals surface area contributed by atoms with Gasteiger partial charge in [-0.3, -0.25) is 9.78 Å². The SMILES string of the molecule is NC1CCCC1C(=O)c1ccc2cccnc2c1. The van der Waals surface area contributed by atoms with Crippen molar-refractivity contribution in [3.05, 3.63) is 42.1 Å². The number of carbonyl (C=O) groups excluding carboxylic acids is 1. The summed E-state index contributed by atoms with van der Waals surface area (Å²) in [6, 6.07) is 9.64. The fourth-order valence-electron chi connectivity index (χ4n) is 2.75. The van der Waals surface area contributed by atoms with E-state index in [9.17, 15) is 4.79 Å². The van der Waals surface area contributed by atoms with Crippen LogP contribution in [0.2, 0.25) is 0 Å². The number of nitrogens with two attached hydrogens (primary N) is 1. The van der Waals surface area contributed by atoms with Crippen LogP contribution in [0.1, 0.15) is 29.6 Å². The summed E-state index contributed by atoms with van der Waals surface area (Å²) < 4.78 is 0. The van der Waals surface area contributed by atoms with Gasteiger partial charge in [-0.25, -0.2) is 0 Å². The molecule has 0 saturated heterocycles. The molecule has 3 rings (SSSR count). The smallest absolute Gasteiger partial charge is 0.167 e. The van der Waals surface area contributed by atoms with Crippen molar-refractivity contribution in [2.45, 2.75) is 25.3 Å². The molecule has 0 radical (unpaired) electrons. The van der Waals surface area contributed by atoms with E-state index < -0.39 is 0 Å². The first kappa shape index (κ1) is 11.4. The molecule has 1 aromatic heterocycles. The van der Waals surface area contributed by atoms with Gasteiger partial charge in [0.2, 0.25) is 0 Å². The zero-order valence-corrected chi connectivity index (χ0v) is 10.2. The van der Waals surface area contributed by atoms with Crippen LogP contribution in [0.5, 0.6) is 0 Å². The molecule has 2 unspecified atom stereocenters. The highest BCUT2D eigenvalue weighted by molar-refractivity contribution is 6.01. The second-order valence-electron chi connectivity index (χ2n) is 4.98. The molecule has 2 atom stereocenters. The molecule has 1 fully saturated rings. The predicted octanol–water partition coefficient (Wildman–Crippen LogP) is 2.54. The summed E-state index contributed by atoms with van der Waals surface area (Å²) in [4.78, 5) is 16.7. The van der Waals surface area contributed by atoms with Gasteiger partial charge >= 0.3 is 0 Å². The van der Waals surface area contributed by atoms with Gasteiger partial charge in [-0.05, 0) is 25.0 Å². The van der Waals surface area contributed by atoms with Crippen LogP contribution >= 0.6 is 0 Å². The minimum Gasteiger partial charge on any atom is -0.327 e. The van der Waals surface area contributed by atoms with Crippen LogP contribution < -0.4 is 5.73 Å². The summed E-state index contributed by atoms with van der Waals surface area (Å²) in [5, 5.41) is 1.06. The Balaban J connectivity index is 1.96. The van der Waals surface area contributed by atoms with Gasteiger partial charge in [0.05, 0.1) is 5.52 Å². The molecule has 2 N–H and O–H groups in total. The third-order valence-electron chi connectivity index (χ3n) is 3.80. The van der Waals surface area contributed by atoms with Gasteiger partial charge in [0.25, 0.3) is 0 Å². The van der Waals surface area contributed by atoms with E-state index >= 15 is 0 Å². The number of hydrogen-bond donors (Lipinski definition) is 1. The molecule has 0 amide bonds. The van der Waals surface area contributed by atoms with E-state index in [1.807, 2.05) is 30.3 Å². The molecular weight excluding hydrogens is 224 g/mol. The monoisotopic (exact) mass is 240 g/mol. The van der Waals surface area contributed by atoms with Crippen molar-refractivity contribution in [2.75, 3.05) is 0 Å². The van der Waals surface area contributed by atoms with Gasteiger partial charge in [0.1, 0.15) is 0 Å². The number of ketones is 1. The highest BCUT2D eigenvalue weighted by atomic mass is 16.1. The van der Waals surface area contributed by atoms with Crippen LogP contribution in [0.3, 0.4) is 0 Å². The summed E-state index contributed by atoms with van der Waals surface area (Å²) in [6.45, 7) is 0. The van der Waals surface area contributed by atoms with Crippen molar-refractivity contribution in [2.24, 2.45) is 11.7 Å². The molecule has 2 aromatic rings. The third kappa shape index (κ3) is 1.91. The van der Waals surface area contributed by atoms with E-state index in [4.69, 9.17) is 5.73 Å². The fourth-order valence-corrected chi connectivity index (χ4v) is 2.75. The molecule has 1 aliphatic rings. The number of benzene rings is 1. The molecule has 92 valence electrons. The van der Waals surface area contributed by atoms with Gasteiger partial charge in [0.15, 0.2) is 5.78 Å². The maximum Gasteiger partial charge on any atom is 0.167 e. The first-order chi connectivity index (χ1) is 8.75. The van der Waals surface area contributed by atoms with E-state index in [1.54, 1.807) is 6.20 Å². The Kier molecular flexibility index (Phi) is 2.84. The predicted molar refractivity (Wildman–Crippen MR) is 71.4 cm³/mol. The zero-order chi connectivity index (χ0) is 12.5. The molecule has 0 bridgehead atoms. The number of rotatable bonds is 2. The van der Waals surface area contributed by atoms with Crippen molar-refractivity contribution in [1.29, 1.82) is 0 Å². The zero-order valence-electron chi connectivity index (χ0n) is 10.2. The maximum atomic E-state index is 12.4. The summed E-state index contributed by atoms with van der Waals surface area (Å²) in [6.07, 6.45) is 4.68. The lowest BCUT2D eigenvalue weighted by molar-refractivity contribution is 0.0913. The van der Waals surface area contributed by atoms with Crippen molar-refractivity contribution < 1.29 is 4.79 Å². The van der Waals surface area contributed by atoms with Crippen LogP contribution in [0, 0.1) is 5.92 Å². The van der Waals surface area contributed by atoms with E-state index in [1.165, 1.54) is 0 Å². The van der Waals surface area contributed by atoms with Crippen molar-refractivity contribution >= 4 is 16.7 Å². The highest BCUT2D eigenvalue weighted by Gasteiger charge is 2.30. The fraction of sp³-hybridized carbons (Fsp3) is 0.333. The number of hydrogen-bond acceptors (Lipinski definition) is 3. The van der Waals surface area contributed by atoms with Crippen LogP contribution in [-0.2, 0) is 0 Å². The number of pyridine rings is 1. The molecular formula is C15H16N2O. The van der Waals surface area contributed by atoms with Gasteiger partial charge in [-0.1, -0.05) is 24.6 Å². The van der Waals surface area contributed by atoms with Gasteiger partial charge in [0, 0.05) is 29.1 Å². The molecule has 1 aromatic carbocycles.